The standard InChI is InChI=1S/C9H14N4O4/c1-16-9(3-14)2-6(17-4-9)13-5-11-8(12-13)7(10)15/h5-6,14H,2-4H2,1H3,(H2,10,15)/t6-,9-/m1/s1. The smallest absolute Gasteiger partial charge is 0.288 e. The van der Waals surface area contributed by atoms with Crippen LogP contribution in [0.3, 0.4) is 0 Å². The normalized spacial score (nSPS) is 28.5. The van der Waals surface area contributed by atoms with Crippen molar-refractivity contribution in [2.45, 2.75) is 18.2 Å². The van der Waals surface area contributed by atoms with Gasteiger partial charge in [-0.3, -0.25) is 4.79 Å². The fraction of sp³-hybridized carbons (Fsp3) is 0.667. The van der Waals surface area contributed by atoms with Crippen LogP contribution in [0.5, 0.6) is 0 Å². The van der Waals surface area contributed by atoms with E-state index in [1.807, 2.05) is 0 Å². The average molecular weight is 242 g/mol. The summed E-state index contributed by atoms with van der Waals surface area (Å²) in [4.78, 5) is 14.6. The van der Waals surface area contributed by atoms with Crippen LogP contribution >= 0.6 is 0 Å². The molecule has 1 aliphatic rings. The molecule has 0 aliphatic carbocycles. The Morgan fingerprint density at radius 2 is 2.65 bits per heavy atom. The lowest BCUT2D eigenvalue weighted by atomic mass is 10.0. The van der Waals surface area contributed by atoms with Crippen LogP contribution in [0.15, 0.2) is 6.33 Å². The Labute approximate surface area is 97.3 Å². The maximum Gasteiger partial charge on any atom is 0.288 e. The third-order valence-corrected chi connectivity index (χ3v) is 2.83. The van der Waals surface area contributed by atoms with Gasteiger partial charge in [-0.25, -0.2) is 9.67 Å². The van der Waals surface area contributed by atoms with E-state index >= 15 is 0 Å². The van der Waals surface area contributed by atoms with Crippen LogP contribution in [0.4, 0.5) is 0 Å². The lowest BCUT2D eigenvalue weighted by molar-refractivity contribution is -0.0558. The summed E-state index contributed by atoms with van der Waals surface area (Å²) in [6.45, 7) is 0.119. The molecule has 0 saturated carbocycles. The van der Waals surface area contributed by atoms with Crippen molar-refractivity contribution in [3.8, 4) is 0 Å². The number of aromatic nitrogens is 3. The molecular formula is C9H14N4O4. The van der Waals surface area contributed by atoms with Crippen LogP contribution in [0.2, 0.25) is 0 Å². The quantitative estimate of drug-likeness (QED) is 0.676. The Morgan fingerprint density at radius 3 is 3.12 bits per heavy atom. The second-order valence-corrected chi connectivity index (χ2v) is 3.93. The van der Waals surface area contributed by atoms with Crippen molar-refractivity contribution >= 4 is 5.91 Å². The summed E-state index contributed by atoms with van der Waals surface area (Å²) in [5.41, 5.74) is 4.33. The Hall–Kier alpha value is -1.51. The molecule has 2 atom stereocenters. The number of hydrogen-bond acceptors (Lipinski definition) is 6. The number of rotatable bonds is 4. The molecule has 0 unspecified atom stereocenters. The molecule has 1 amide bonds. The predicted molar refractivity (Wildman–Crippen MR) is 55.0 cm³/mol. The monoisotopic (exact) mass is 242 g/mol. The van der Waals surface area contributed by atoms with E-state index in [1.165, 1.54) is 18.1 Å². The van der Waals surface area contributed by atoms with E-state index in [0.717, 1.165) is 0 Å². The number of aliphatic hydroxyl groups excluding tert-OH is 1. The van der Waals surface area contributed by atoms with E-state index in [0.29, 0.717) is 6.42 Å². The summed E-state index contributed by atoms with van der Waals surface area (Å²) in [6.07, 6.45) is 1.39. The van der Waals surface area contributed by atoms with Gasteiger partial charge in [-0.2, -0.15) is 0 Å². The van der Waals surface area contributed by atoms with Gasteiger partial charge in [0.05, 0.1) is 13.2 Å². The van der Waals surface area contributed by atoms with E-state index < -0.39 is 17.7 Å². The number of hydrogen-bond donors (Lipinski definition) is 2. The minimum atomic E-state index is -0.719. The first-order chi connectivity index (χ1) is 8.10. The Balaban J connectivity index is 2.12. The Bertz CT molecular complexity index is 415. The molecule has 0 spiro atoms. The number of nitrogens with zero attached hydrogens (tertiary/aromatic N) is 3. The van der Waals surface area contributed by atoms with Gasteiger partial charge in [-0.1, -0.05) is 0 Å². The predicted octanol–water partition coefficient (Wildman–Crippen LogP) is -1.33. The molecule has 2 heterocycles. The number of amides is 1. The summed E-state index contributed by atoms with van der Waals surface area (Å²) in [7, 11) is 1.51. The maximum atomic E-state index is 10.8. The molecule has 0 radical (unpaired) electrons. The van der Waals surface area contributed by atoms with Gasteiger partial charge in [-0.05, 0) is 0 Å². The zero-order valence-corrected chi connectivity index (χ0v) is 9.37. The van der Waals surface area contributed by atoms with Crippen molar-refractivity contribution in [2.75, 3.05) is 20.3 Å². The van der Waals surface area contributed by atoms with Crippen LogP contribution in [0.25, 0.3) is 0 Å². The van der Waals surface area contributed by atoms with Crippen LogP contribution in [0, 0.1) is 0 Å². The summed E-state index contributed by atoms with van der Waals surface area (Å²) >= 11 is 0. The van der Waals surface area contributed by atoms with Gasteiger partial charge < -0.3 is 20.3 Å². The number of methoxy groups -OCH3 is 1. The SMILES string of the molecule is CO[C@]1(CO)CO[C@@H](n2cnc(C(N)=O)n2)C1. The lowest BCUT2D eigenvalue weighted by Crippen LogP contribution is -2.36. The van der Waals surface area contributed by atoms with Gasteiger partial charge >= 0.3 is 0 Å². The highest BCUT2D eigenvalue weighted by Gasteiger charge is 2.41. The molecule has 3 N–H and O–H groups in total. The Morgan fingerprint density at radius 1 is 1.88 bits per heavy atom. The minimum Gasteiger partial charge on any atom is -0.393 e. The van der Waals surface area contributed by atoms with Crippen molar-refractivity contribution in [1.82, 2.24) is 14.8 Å². The van der Waals surface area contributed by atoms with Gasteiger partial charge in [0.1, 0.15) is 11.9 Å². The van der Waals surface area contributed by atoms with E-state index in [9.17, 15) is 9.90 Å². The molecule has 8 nitrogen and oxygen atoms in total. The van der Waals surface area contributed by atoms with Crippen LogP contribution in [0.1, 0.15) is 23.3 Å². The van der Waals surface area contributed by atoms with Crippen LogP contribution in [-0.2, 0) is 9.47 Å². The number of primary amides is 1. The fourth-order valence-corrected chi connectivity index (χ4v) is 1.70. The minimum absolute atomic E-state index is 0.0625. The second kappa shape index (κ2) is 4.40. The van der Waals surface area contributed by atoms with Gasteiger partial charge in [0.25, 0.3) is 5.91 Å². The first-order valence-corrected chi connectivity index (χ1v) is 5.09. The van der Waals surface area contributed by atoms with E-state index in [4.69, 9.17) is 15.2 Å². The zero-order chi connectivity index (χ0) is 12.5. The van der Waals surface area contributed by atoms with Gasteiger partial charge in [0, 0.05) is 13.5 Å². The van der Waals surface area contributed by atoms with E-state index in [-0.39, 0.29) is 19.0 Å². The number of ether oxygens (including phenoxy) is 2. The number of aliphatic hydroxyl groups is 1. The third kappa shape index (κ3) is 2.14. The van der Waals surface area contributed by atoms with E-state index in [2.05, 4.69) is 10.1 Å². The van der Waals surface area contributed by atoms with Crippen molar-refractivity contribution in [3.63, 3.8) is 0 Å². The third-order valence-electron chi connectivity index (χ3n) is 2.83. The molecule has 0 aromatic carbocycles. The molecule has 0 bridgehead atoms. The number of carbonyl (C=O) groups is 1. The molecule has 1 aliphatic heterocycles. The van der Waals surface area contributed by atoms with Crippen molar-refractivity contribution in [1.29, 1.82) is 0 Å². The average Bonchev–Trinajstić information content (AvgIpc) is 2.96. The highest BCUT2D eigenvalue weighted by molar-refractivity contribution is 5.88. The zero-order valence-electron chi connectivity index (χ0n) is 9.37. The topological polar surface area (TPSA) is 112 Å². The maximum absolute atomic E-state index is 10.8. The van der Waals surface area contributed by atoms with Crippen LogP contribution < -0.4 is 5.73 Å². The second-order valence-electron chi connectivity index (χ2n) is 3.93. The van der Waals surface area contributed by atoms with Crippen molar-refractivity contribution in [2.24, 2.45) is 5.73 Å². The largest absolute Gasteiger partial charge is 0.393 e. The van der Waals surface area contributed by atoms with E-state index in [1.54, 1.807) is 0 Å². The van der Waals surface area contributed by atoms with Gasteiger partial charge in [0.2, 0.25) is 5.82 Å². The number of nitrogens with two attached hydrogens (primary N) is 1. The summed E-state index contributed by atoms with van der Waals surface area (Å²) in [5.74, 6) is -0.755. The molecular weight excluding hydrogens is 228 g/mol. The summed E-state index contributed by atoms with van der Waals surface area (Å²) in [5, 5.41) is 13.1. The molecule has 1 fully saturated rings. The van der Waals surface area contributed by atoms with Gasteiger partial charge in [0.15, 0.2) is 6.23 Å². The summed E-state index contributed by atoms with van der Waals surface area (Å²) < 4.78 is 12.1. The molecule has 1 saturated heterocycles. The summed E-state index contributed by atoms with van der Waals surface area (Å²) in [6, 6.07) is 0. The molecule has 17 heavy (non-hydrogen) atoms. The number of carbonyl (C=O) groups excluding carboxylic acids is 1. The molecule has 8 heteroatoms. The first-order valence-electron chi connectivity index (χ1n) is 5.09. The fourth-order valence-electron chi connectivity index (χ4n) is 1.70. The first kappa shape index (κ1) is 12.0. The molecule has 1 aromatic heterocycles. The molecule has 94 valence electrons. The Kier molecular flexibility index (Phi) is 3.09. The van der Waals surface area contributed by atoms with Crippen molar-refractivity contribution < 1.29 is 19.4 Å². The van der Waals surface area contributed by atoms with Crippen LogP contribution in [-0.4, -0.2) is 51.7 Å². The highest BCUT2D eigenvalue weighted by Crippen LogP contribution is 2.32. The molecule has 2 rings (SSSR count). The highest BCUT2D eigenvalue weighted by atomic mass is 16.6. The van der Waals surface area contributed by atoms with Gasteiger partial charge in [-0.15, -0.1) is 5.10 Å². The molecule has 1 aromatic rings. The lowest BCUT2D eigenvalue weighted by Gasteiger charge is -2.22. The van der Waals surface area contributed by atoms with Crippen molar-refractivity contribution in [3.05, 3.63) is 12.2 Å².